The van der Waals surface area contributed by atoms with Gasteiger partial charge >= 0.3 is 11.9 Å². The molecule has 2 bridgehead atoms. The van der Waals surface area contributed by atoms with Crippen LogP contribution in [-0.4, -0.2) is 49.0 Å². The van der Waals surface area contributed by atoms with Crippen molar-refractivity contribution in [1.29, 1.82) is 0 Å². The Morgan fingerprint density at radius 1 is 1.19 bits per heavy atom. The highest BCUT2D eigenvalue weighted by molar-refractivity contribution is 14.1. The van der Waals surface area contributed by atoms with E-state index in [4.69, 9.17) is 9.47 Å². The number of ether oxygens (including phenoxy) is 2. The number of rotatable bonds is 10. The maximum atomic E-state index is 12.6. The Bertz CT molecular complexity index is 623. The molecule has 2 aliphatic rings. The van der Waals surface area contributed by atoms with Crippen molar-refractivity contribution in [3.63, 3.8) is 0 Å². The molecule has 0 spiro atoms. The van der Waals surface area contributed by atoms with Crippen LogP contribution >= 0.6 is 22.6 Å². The van der Waals surface area contributed by atoms with Gasteiger partial charge in [0.05, 0.1) is 11.2 Å². The number of hydrogen-bond acceptors (Lipinski definition) is 6. The first-order valence-electron chi connectivity index (χ1n) is 11.7. The summed E-state index contributed by atoms with van der Waals surface area (Å²) in [7, 11) is 0. The van der Waals surface area contributed by atoms with Crippen LogP contribution < -0.4 is 0 Å². The number of esters is 2. The van der Waals surface area contributed by atoms with Crippen molar-refractivity contribution in [3.8, 4) is 0 Å². The molecule has 0 saturated heterocycles. The van der Waals surface area contributed by atoms with Crippen LogP contribution in [0.1, 0.15) is 98.8 Å². The van der Waals surface area contributed by atoms with Crippen molar-refractivity contribution in [1.82, 2.24) is 0 Å². The second-order valence-corrected chi connectivity index (χ2v) is 12.4. The molecule has 31 heavy (non-hydrogen) atoms. The van der Waals surface area contributed by atoms with Crippen molar-refractivity contribution in [2.24, 2.45) is 11.8 Å². The van der Waals surface area contributed by atoms with Gasteiger partial charge in [0.1, 0.15) is 15.6 Å². The van der Waals surface area contributed by atoms with Gasteiger partial charge in [0.2, 0.25) is 0 Å². The Labute approximate surface area is 201 Å². The van der Waals surface area contributed by atoms with Gasteiger partial charge in [-0.25, -0.2) is 0 Å². The summed E-state index contributed by atoms with van der Waals surface area (Å²) in [6.45, 7) is 8.45. The van der Waals surface area contributed by atoms with Crippen molar-refractivity contribution >= 4 is 34.5 Å². The zero-order chi connectivity index (χ0) is 23.4. The Balaban J connectivity index is 1.95. The standard InChI is InChI=1S/C24H41IO6/c1-6-18(25)21(27)31-24-11-7-8-16(13-24)12-17(14-24)9-10-20(26)30-19(23(4,5)29)15-22(2,3)28/h16-19,28-29H,6-15H2,1-5H3. The van der Waals surface area contributed by atoms with E-state index in [1.807, 2.05) is 6.92 Å². The lowest BCUT2D eigenvalue weighted by Crippen LogP contribution is -2.47. The number of alkyl halides is 1. The van der Waals surface area contributed by atoms with Crippen LogP contribution in [0.25, 0.3) is 0 Å². The fourth-order valence-electron chi connectivity index (χ4n) is 5.14. The maximum absolute atomic E-state index is 12.6. The molecule has 0 aromatic rings. The third kappa shape index (κ3) is 8.46. The van der Waals surface area contributed by atoms with E-state index in [2.05, 4.69) is 22.6 Å². The third-order valence-corrected chi connectivity index (χ3v) is 8.06. The molecule has 0 radical (unpaired) electrons. The molecule has 180 valence electrons. The number of halogens is 1. The summed E-state index contributed by atoms with van der Waals surface area (Å²) in [4.78, 5) is 25.1. The number of hydrogen-bond donors (Lipinski definition) is 2. The molecular weight excluding hydrogens is 511 g/mol. The van der Waals surface area contributed by atoms with Crippen LogP contribution in [0, 0.1) is 11.8 Å². The number of carbonyl (C=O) groups excluding carboxylic acids is 2. The predicted octanol–water partition coefficient (Wildman–Crippen LogP) is 4.71. The zero-order valence-corrected chi connectivity index (χ0v) is 21.9. The average molecular weight is 552 g/mol. The molecule has 6 nitrogen and oxygen atoms in total. The lowest BCUT2D eigenvalue weighted by Gasteiger charge is -2.47. The summed E-state index contributed by atoms with van der Waals surface area (Å²) < 4.78 is 11.5. The van der Waals surface area contributed by atoms with Crippen molar-refractivity contribution in [2.45, 2.75) is 126 Å². The predicted molar refractivity (Wildman–Crippen MR) is 128 cm³/mol. The summed E-state index contributed by atoms with van der Waals surface area (Å²) in [6.07, 6.45) is 7.11. The molecule has 2 aliphatic carbocycles. The van der Waals surface area contributed by atoms with E-state index in [9.17, 15) is 19.8 Å². The van der Waals surface area contributed by atoms with Crippen LogP contribution in [0.4, 0.5) is 0 Å². The van der Waals surface area contributed by atoms with Gasteiger partial charge < -0.3 is 19.7 Å². The van der Waals surface area contributed by atoms with Crippen LogP contribution in [0.15, 0.2) is 0 Å². The third-order valence-electron chi connectivity index (χ3n) is 6.67. The van der Waals surface area contributed by atoms with E-state index in [0.717, 1.165) is 44.9 Å². The van der Waals surface area contributed by atoms with Gasteiger partial charge in [0.15, 0.2) is 0 Å². The molecule has 0 heterocycles. The second-order valence-electron chi connectivity index (χ2n) is 10.9. The Hall–Kier alpha value is -0.410. The van der Waals surface area contributed by atoms with Gasteiger partial charge in [0.25, 0.3) is 0 Å². The molecule has 2 N–H and O–H groups in total. The molecule has 0 amide bonds. The smallest absolute Gasteiger partial charge is 0.319 e. The minimum atomic E-state index is -1.23. The van der Waals surface area contributed by atoms with Crippen LogP contribution in [0.2, 0.25) is 0 Å². The summed E-state index contributed by atoms with van der Waals surface area (Å²) >= 11 is 2.16. The largest absolute Gasteiger partial charge is 0.459 e. The van der Waals surface area contributed by atoms with Gasteiger partial charge in [0, 0.05) is 12.8 Å². The van der Waals surface area contributed by atoms with Crippen molar-refractivity contribution in [2.75, 3.05) is 0 Å². The van der Waals surface area contributed by atoms with E-state index in [1.54, 1.807) is 27.7 Å². The molecule has 2 fully saturated rings. The normalized spacial score (nSPS) is 28.5. The van der Waals surface area contributed by atoms with Crippen LogP contribution in [0.5, 0.6) is 0 Å². The van der Waals surface area contributed by atoms with Crippen molar-refractivity contribution in [3.05, 3.63) is 0 Å². The number of aliphatic hydroxyl groups is 2. The minimum Gasteiger partial charge on any atom is -0.459 e. The van der Waals surface area contributed by atoms with Gasteiger partial charge in [-0.05, 0) is 84.5 Å². The van der Waals surface area contributed by atoms with Gasteiger partial charge in [-0.2, -0.15) is 0 Å². The fourth-order valence-corrected chi connectivity index (χ4v) is 5.26. The van der Waals surface area contributed by atoms with Crippen LogP contribution in [0.3, 0.4) is 0 Å². The Morgan fingerprint density at radius 2 is 1.87 bits per heavy atom. The fraction of sp³-hybridized carbons (Fsp3) is 0.917. The van der Waals surface area contributed by atoms with E-state index in [-0.39, 0.29) is 34.3 Å². The maximum Gasteiger partial charge on any atom is 0.319 e. The SMILES string of the molecule is CCC(I)C(=O)OC12CCCC(CC(CCC(=O)OC(CC(C)(C)O)C(C)(C)O)C1)C2. The molecule has 5 unspecified atom stereocenters. The van der Waals surface area contributed by atoms with Gasteiger partial charge in [-0.1, -0.05) is 35.9 Å². The first kappa shape index (κ1) is 26.8. The Morgan fingerprint density at radius 3 is 2.45 bits per heavy atom. The lowest BCUT2D eigenvalue weighted by molar-refractivity contribution is -0.174. The molecule has 0 aliphatic heterocycles. The van der Waals surface area contributed by atoms with Gasteiger partial charge in [-0.3, -0.25) is 9.59 Å². The molecule has 2 rings (SSSR count). The number of carbonyl (C=O) groups is 2. The molecule has 0 aromatic heterocycles. The minimum absolute atomic E-state index is 0.108. The van der Waals surface area contributed by atoms with Crippen molar-refractivity contribution < 1.29 is 29.3 Å². The first-order valence-corrected chi connectivity index (χ1v) is 13.0. The highest BCUT2D eigenvalue weighted by Crippen LogP contribution is 2.49. The summed E-state index contributed by atoms with van der Waals surface area (Å²) in [5, 5.41) is 20.5. The van der Waals surface area contributed by atoms with E-state index < -0.39 is 17.3 Å². The molecule has 0 aromatic carbocycles. The monoisotopic (exact) mass is 552 g/mol. The zero-order valence-electron chi connectivity index (χ0n) is 19.8. The molecule has 2 saturated carbocycles. The average Bonchev–Trinajstić information content (AvgIpc) is 2.62. The summed E-state index contributed by atoms with van der Waals surface area (Å²) in [5.41, 5.74) is -2.65. The summed E-state index contributed by atoms with van der Waals surface area (Å²) in [5.74, 6) is 0.411. The second kappa shape index (κ2) is 10.7. The molecule has 5 atom stereocenters. The molecule has 7 heteroatoms. The topological polar surface area (TPSA) is 93.1 Å². The highest BCUT2D eigenvalue weighted by atomic mass is 127. The summed E-state index contributed by atoms with van der Waals surface area (Å²) in [6, 6.07) is 0. The lowest BCUT2D eigenvalue weighted by atomic mass is 9.64. The molecular formula is C24H41IO6. The van der Waals surface area contributed by atoms with Crippen LogP contribution in [-0.2, 0) is 19.1 Å². The Kier molecular flexibility index (Phi) is 9.25. The van der Waals surface area contributed by atoms with E-state index in [1.165, 1.54) is 0 Å². The van der Waals surface area contributed by atoms with E-state index >= 15 is 0 Å². The first-order chi connectivity index (χ1) is 14.2. The number of fused-ring (bicyclic) bond motifs is 2. The van der Waals surface area contributed by atoms with Gasteiger partial charge in [-0.15, -0.1) is 0 Å². The quantitative estimate of drug-likeness (QED) is 0.232. The highest BCUT2D eigenvalue weighted by Gasteiger charge is 2.46. The van der Waals surface area contributed by atoms with E-state index in [0.29, 0.717) is 18.3 Å².